The summed E-state index contributed by atoms with van der Waals surface area (Å²) in [5.74, 6) is -0.0996. The lowest BCUT2D eigenvalue weighted by molar-refractivity contribution is 0.0682. The molecule has 1 aromatic carbocycles. The largest absolute Gasteiger partial charge is 0.486 e. The first-order valence-corrected chi connectivity index (χ1v) is 8.20. The number of carbonyl (C=O) groups is 1. The van der Waals surface area contributed by atoms with E-state index in [1.807, 2.05) is 7.05 Å². The highest BCUT2D eigenvalue weighted by Gasteiger charge is 2.42. The third-order valence-corrected chi connectivity index (χ3v) is 4.76. The first-order valence-electron chi connectivity index (χ1n) is 8.20. The molecule has 0 unspecified atom stereocenters. The van der Waals surface area contributed by atoms with Crippen molar-refractivity contribution in [2.24, 2.45) is 5.41 Å². The number of benzene rings is 1. The Kier molecular flexibility index (Phi) is 4.08. The van der Waals surface area contributed by atoms with Crippen LogP contribution in [0.2, 0.25) is 0 Å². The third kappa shape index (κ3) is 3.34. The summed E-state index contributed by atoms with van der Waals surface area (Å²) in [5.41, 5.74) is 0.729. The van der Waals surface area contributed by atoms with Gasteiger partial charge in [-0.3, -0.25) is 9.69 Å². The molecular weight excluding hydrogens is 295 g/mol. The smallest absolute Gasteiger partial charge is 0.257 e. The maximum atomic E-state index is 13.5. The van der Waals surface area contributed by atoms with Crippen LogP contribution in [0.3, 0.4) is 0 Å². The summed E-state index contributed by atoms with van der Waals surface area (Å²) >= 11 is 0. The molecule has 2 aliphatic rings. The van der Waals surface area contributed by atoms with Gasteiger partial charge in [0, 0.05) is 26.2 Å². The lowest BCUT2D eigenvalue weighted by Crippen LogP contribution is -2.44. The molecule has 0 saturated carbocycles. The van der Waals surface area contributed by atoms with E-state index in [1.165, 1.54) is 18.2 Å². The van der Waals surface area contributed by atoms with Crippen molar-refractivity contribution in [3.05, 3.63) is 29.6 Å². The molecule has 0 spiro atoms. The van der Waals surface area contributed by atoms with Crippen LogP contribution in [0.15, 0.2) is 18.2 Å². The van der Waals surface area contributed by atoms with E-state index in [9.17, 15) is 9.18 Å². The molecule has 5 heteroatoms. The third-order valence-electron chi connectivity index (χ3n) is 4.76. The number of amides is 1. The predicted molar refractivity (Wildman–Crippen MR) is 87.2 cm³/mol. The van der Waals surface area contributed by atoms with E-state index < -0.39 is 0 Å². The van der Waals surface area contributed by atoms with Crippen LogP contribution in [0.5, 0.6) is 5.75 Å². The SMILES string of the molecule is CN1C(=O)c2ccc(F)cc2O[C@H]2CN(CCC(C)(C)C)C[C@H]21. The zero-order valence-corrected chi connectivity index (χ0v) is 14.3. The fraction of sp³-hybridized carbons (Fsp3) is 0.611. The van der Waals surface area contributed by atoms with Gasteiger partial charge in [0.05, 0.1) is 11.6 Å². The molecule has 23 heavy (non-hydrogen) atoms. The Hall–Kier alpha value is -1.62. The van der Waals surface area contributed by atoms with E-state index in [4.69, 9.17) is 4.74 Å². The molecule has 1 aromatic rings. The van der Waals surface area contributed by atoms with Gasteiger partial charge in [-0.25, -0.2) is 4.39 Å². The van der Waals surface area contributed by atoms with Crippen molar-refractivity contribution in [1.29, 1.82) is 0 Å². The Morgan fingerprint density at radius 1 is 1.30 bits per heavy atom. The van der Waals surface area contributed by atoms with Crippen LogP contribution in [0.4, 0.5) is 4.39 Å². The second-order valence-corrected chi connectivity index (χ2v) is 7.85. The second-order valence-electron chi connectivity index (χ2n) is 7.85. The average molecular weight is 320 g/mol. The molecule has 0 bridgehead atoms. The lowest BCUT2D eigenvalue weighted by Gasteiger charge is -2.26. The molecule has 0 aliphatic carbocycles. The average Bonchev–Trinajstić information content (AvgIpc) is 2.82. The summed E-state index contributed by atoms with van der Waals surface area (Å²) in [6, 6.07) is 4.16. The highest BCUT2D eigenvalue weighted by molar-refractivity contribution is 5.97. The maximum Gasteiger partial charge on any atom is 0.257 e. The van der Waals surface area contributed by atoms with Crippen LogP contribution >= 0.6 is 0 Å². The van der Waals surface area contributed by atoms with Gasteiger partial charge in [-0.15, -0.1) is 0 Å². The molecule has 126 valence electrons. The molecule has 2 atom stereocenters. The number of carbonyl (C=O) groups excluding carboxylic acids is 1. The first-order chi connectivity index (χ1) is 10.7. The van der Waals surface area contributed by atoms with Gasteiger partial charge in [0.15, 0.2) is 0 Å². The summed E-state index contributed by atoms with van der Waals surface area (Å²) in [6.45, 7) is 9.25. The van der Waals surface area contributed by atoms with Crippen molar-refractivity contribution in [2.75, 3.05) is 26.7 Å². The highest BCUT2D eigenvalue weighted by atomic mass is 19.1. The molecule has 0 radical (unpaired) electrons. The summed E-state index contributed by atoms with van der Waals surface area (Å²) < 4.78 is 19.5. The summed E-state index contributed by atoms with van der Waals surface area (Å²) in [4.78, 5) is 16.7. The Morgan fingerprint density at radius 3 is 2.74 bits per heavy atom. The quantitative estimate of drug-likeness (QED) is 0.840. The first kappa shape index (κ1) is 16.2. The number of halogens is 1. The Morgan fingerprint density at radius 2 is 2.04 bits per heavy atom. The van der Waals surface area contributed by atoms with E-state index in [0.29, 0.717) is 11.3 Å². The minimum Gasteiger partial charge on any atom is -0.486 e. The lowest BCUT2D eigenvalue weighted by atomic mass is 9.92. The number of nitrogens with zero attached hydrogens (tertiary/aromatic N) is 2. The van der Waals surface area contributed by atoms with Crippen molar-refractivity contribution in [3.63, 3.8) is 0 Å². The number of rotatable bonds is 2. The Labute approximate surface area is 137 Å². The number of ether oxygens (including phenoxy) is 1. The van der Waals surface area contributed by atoms with E-state index in [1.54, 1.807) is 4.90 Å². The van der Waals surface area contributed by atoms with E-state index in [0.717, 1.165) is 26.1 Å². The zero-order chi connectivity index (χ0) is 16.8. The number of likely N-dealkylation sites (N-methyl/N-ethyl adjacent to an activating group) is 1. The van der Waals surface area contributed by atoms with Crippen molar-refractivity contribution in [2.45, 2.75) is 39.3 Å². The van der Waals surface area contributed by atoms with Gasteiger partial charge in [0.1, 0.15) is 17.7 Å². The van der Waals surface area contributed by atoms with Crippen LogP contribution in [-0.4, -0.2) is 54.5 Å². The normalized spacial score (nSPS) is 24.9. The number of hydrogen-bond acceptors (Lipinski definition) is 3. The topological polar surface area (TPSA) is 32.8 Å². The van der Waals surface area contributed by atoms with Gasteiger partial charge in [-0.05, 0) is 30.5 Å². The maximum absolute atomic E-state index is 13.5. The van der Waals surface area contributed by atoms with Crippen LogP contribution < -0.4 is 4.74 Å². The molecule has 2 aliphatic heterocycles. The molecule has 0 aromatic heterocycles. The van der Waals surface area contributed by atoms with Crippen LogP contribution in [0.25, 0.3) is 0 Å². The fourth-order valence-electron chi connectivity index (χ4n) is 3.27. The second kappa shape index (κ2) is 5.78. The number of hydrogen-bond donors (Lipinski definition) is 0. The molecule has 2 heterocycles. The van der Waals surface area contributed by atoms with E-state index >= 15 is 0 Å². The minimum absolute atomic E-state index is 0.0120. The molecular formula is C18H25FN2O2. The van der Waals surface area contributed by atoms with Crippen molar-refractivity contribution >= 4 is 5.91 Å². The van der Waals surface area contributed by atoms with Gasteiger partial charge < -0.3 is 9.64 Å². The molecule has 1 fully saturated rings. The summed E-state index contributed by atoms with van der Waals surface area (Å²) in [6.07, 6.45) is 0.988. The Bertz CT molecular complexity index is 612. The van der Waals surface area contributed by atoms with Gasteiger partial charge >= 0.3 is 0 Å². The standard InChI is InChI=1S/C18H25FN2O2/c1-18(2,3)7-8-21-10-14-16(11-21)23-15-9-12(19)5-6-13(15)17(22)20(14)4/h5-6,9,14,16H,7-8,10-11H2,1-4H3/t14-,16+/m1/s1. The molecule has 1 amide bonds. The fourth-order valence-corrected chi connectivity index (χ4v) is 3.27. The van der Waals surface area contributed by atoms with Gasteiger partial charge in [-0.1, -0.05) is 20.8 Å². The van der Waals surface area contributed by atoms with Crippen LogP contribution in [0.1, 0.15) is 37.6 Å². The van der Waals surface area contributed by atoms with Crippen LogP contribution in [0, 0.1) is 11.2 Å². The van der Waals surface area contributed by atoms with Crippen molar-refractivity contribution < 1.29 is 13.9 Å². The molecule has 4 nitrogen and oxygen atoms in total. The molecule has 0 N–H and O–H groups in total. The molecule has 3 rings (SSSR count). The summed E-state index contributed by atoms with van der Waals surface area (Å²) in [5, 5.41) is 0. The van der Waals surface area contributed by atoms with Crippen molar-refractivity contribution in [3.8, 4) is 5.75 Å². The van der Waals surface area contributed by atoms with E-state index in [2.05, 4.69) is 25.7 Å². The van der Waals surface area contributed by atoms with Crippen molar-refractivity contribution in [1.82, 2.24) is 9.80 Å². The van der Waals surface area contributed by atoms with Gasteiger partial charge in [0.2, 0.25) is 0 Å². The zero-order valence-electron chi connectivity index (χ0n) is 14.3. The van der Waals surface area contributed by atoms with Gasteiger partial charge in [0.25, 0.3) is 5.91 Å². The Balaban J connectivity index is 1.79. The van der Waals surface area contributed by atoms with Gasteiger partial charge in [-0.2, -0.15) is 0 Å². The minimum atomic E-state index is -0.375. The van der Waals surface area contributed by atoms with E-state index in [-0.39, 0.29) is 29.3 Å². The number of fused-ring (bicyclic) bond motifs is 2. The number of likely N-dealkylation sites (tertiary alicyclic amines) is 1. The highest BCUT2D eigenvalue weighted by Crippen LogP contribution is 2.31. The summed E-state index contributed by atoms with van der Waals surface area (Å²) in [7, 11) is 1.81. The predicted octanol–water partition coefficient (Wildman–Crippen LogP) is 2.78. The molecule has 1 saturated heterocycles. The monoisotopic (exact) mass is 320 g/mol. The van der Waals surface area contributed by atoms with Crippen LogP contribution in [-0.2, 0) is 0 Å².